The van der Waals surface area contributed by atoms with Crippen molar-refractivity contribution in [3.8, 4) is 0 Å². The summed E-state index contributed by atoms with van der Waals surface area (Å²) in [5.41, 5.74) is 0. The van der Waals surface area contributed by atoms with Gasteiger partial charge in [-0.15, -0.1) is 0 Å². The fourth-order valence-electron chi connectivity index (χ4n) is 1.97. The van der Waals surface area contributed by atoms with Gasteiger partial charge in [0.25, 0.3) is 10.1 Å². The minimum absolute atomic E-state index is 0.0540. The Morgan fingerprint density at radius 2 is 1.74 bits per heavy atom. The van der Waals surface area contributed by atoms with Gasteiger partial charge in [-0.3, -0.25) is 4.18 Å². The molecular weight excluding hydrogens is 294 g/mol. The van der Waals surface area contributed by atoms with Crippen molar-refractivity contribution in [3.05, 3.63) is 0 Å². The van der Waals surface area contributed by atoms with Gasteiger partial charge in [-0.2, -0.15) is 8.42 Å². The lowest BCUT2D eigenvalue weighted by atomic mass is 10.1. The van der Waals surface area contributed by atoms with E-state index in [0.717, 1.165) is 6.26 Å². The average molecular weight is 315 g/mol. The molecule has 1 aliphatic rings. The molecule has 1 aliphatic heterocycles. The van der Waals surface area contributed by atoms with Crippen molar-refractivity contribution in [2.45, 2.75) is 25.4 Å². The van der Waals surface area contributed by atoms with Crippen LogP contribution in [0.15, 0.2) is 0 Å². The van der Waals surface area contributed by atoms with E-state index in [0.29, 0.717) is 39.0 Å². The molecule has 0 spiro atoms. The normalized spacial score (nSPS) is 19.7. The second-order valence-corrected chi connectivity index (χ2v) is 8.25. The Hall–Kier alpha value is -0.220. The van der Waals surface area contributed by atoms with Crippen LogP contribution in [0.25, 0.3) is 0 Å². The quantitative estimate of drug-likeness (QED) is 0.477. The lowest BCUT2D eigenvalue weighted by Crippen LogP contribution is -2.42. The monoisotopic (exact) mass is 315 g/mol. The summed E-state index contributed by atoms with van der Waals surface area (Å²) in [7, 11) is -5.22. The van der Waals surface area contributed by atoms with Crippen LogP contribution in [0.1, 0.15) is 19.3 Å². The Morgan fingerprint density at radius 3 is 2.21 bits per heavy atom. The van der Waals surface area contributed by atoms with E-state index in [1.165, 1.54) is 11.4 Å². The summed E-state index contributed by atoms with van der Waals surface area (Å²) in [4.78, 5) is 0. The number of methoxy groups -OCH3 is 1. The molecule has 9 heteroatoms. The van der Waals surface area contributed by atoms with E-state index in [2.05, 4.69) is 0 Å². The topological polar surface area (TPSA) is 90.0 Å². The van der Waals surface area contributed by atoms with Crippen molar-refractivity contribution in [1.29, 1.82) is 0 Å². The first kappa shape index (κ1) is 16.8. The summed E-state index contributed by atoms with van der Waals surface area (Å²) < 4.78 is 57.0. The number of hydrogen-bond donors (Lipinski definition) is 0. The predicted molar refractivity (Wildman–Crippen MR) is 70.8 cm³/mol. The van der Waals surface area contributed by atoms with Crippen LogP contribution in [0.3, 0.4) is 0 Å². The highest BCUT2D eigenvalue weighted by molar-refractivity contribution is 7.89. The number of piperidine rings is 1. The lowest BCUT2D eigenvalue weighted by molar-refractivity contribution is 0.142. The zero-order valence-corrected chi connectivity index (χ0v) is 12.9. The summed E-state index contributed by atoms with van der Waals surface area (Å²) in [5, 5.41) is 0. The highest BCUT2D eigenvalue weighted by Crippen LogP contribution is 2.18. The summed E-state index contributed by atoms with van der Waals surface area (Å²) in [6.45, 7) is 1.01. The first-order valence-corrected chi connectivity index (χ1v) is 9.52. The predicted octanol–water partition coefficient (Wildman–Crippen LogP) is -0.207. The van der Waals surface area contributed by atoms with Crippen molar-refractivity contribution >= 4 is 20.1 Å². The fraction of sp³-hybridized carbons (Fsp3) is 1.00. The molecule has 0 saturated carbocycles. The SMILES string of the molecule is COCCCS(=O)(=O)N1CCC(OS(C)(=O)=O)CC1. The Morgan fingerprint density at radius 1 is 1.16 bits per heavy atom. The molecule has 0 radical (unpaired) electrons. The van der Waals surface area contributed by atoms with Gasteiger partial charge < -0.3 is 4.74 Å². The van der Waals surface area contributed by atoms with Gasteiger partial charge in [0.05, 0.1) is 18.1 Å². The zero-order valence-electron chi connectivity index (χ0n) is 11.2. The van der Waals surface area contributed by atoms with E-state index < -0.39 is 26.2 Å². The molecule has 0 aromatic rings. The molecule has 1 saturated heterocycles. The molecule has 1 fully saturated rings. The molecule has 0 amide bonds. The van der Waals surface area contributed by atoms with Crippen LogP contribution in [0.2, 0.25) is 0 Å². The number of hydrogen-bond acceptors (Lipinski definition) is 6. The van der Waals surface area contributed by atoms with Gasteiger partial charge in [-0.1, -0.05) is 0 Å². The molecule has 0 unspecified atom stereocenters. The van der Waals surface area contributed by atoms with E-state index in [4.69, 9.17) is 8.92 Å². The molecule has 0 aliphatic carbocycles. The first-order chi connectivity index (χ1) is 8.74. The maximum absolute atomic E-state index is 12.0. The van der Waals surface area contributed by atoms with Crippen LogP contribution >= 0.6 is 0 Å². The number of rotatable bonds is 7. The van der Waals surface area contributed by atoms with Gasteiger partial charge in [0.2, 0.25) is 10.0 Å². The third-order valence-electron chi connectivity index (χ3n) is 2.86. The van der Waals surface area contributed by atoms with Crippen LogP contribution in [-0.2, 0) is 29.1 Å². The maximum atomic E-state index is 12.0. The highest BCUT2D eigenvalue weighted by atomic mass is 32.2. The number of sulfonamides is 1. The highest BCUT2D eigenvalue weighted by Gasteiger charge is 2.29. The maximum Gasteiger partial charge on any atom is 0.264 e. The van der Waals surface area contributed by atoms with Crippen LogP contribution < -0.4 is 0 Å². The van der Waals surface area contributed by atoms with Gasteiger partial charge in [-0.05, 0) is 19.3 Å². The van der Waals surface area contributed by atoms with Gasteiger partial charge in [0, 0.05) is 26.8 Å². The largest absolute Gasteiger partial charge is 0.385 e. The van der Waals surface area contributed by atoms with Gasteiger partial charge >= 0.3 is 0 Å². The van der Waals surface area contributed by atoms with Gasteiger partial charge in [0.15, 0.2) is 0 Å². The van der Waals surface area contributed by atoms with Crippen molar-refractivity contribution in [2.24, 2.45) is 0 Å². The third kappa shape index (κ3) is 6.17. The Kier molecular flexibility index (Phi) is 6.18. The van der Waals surface area contributed by atoms with Crippen LogP contribution in [0.4, 0.5) is 0 Å². The molecule has 7 nitrogen and oxygen atoms in total. The standard InChI is InChI=1S/C10H21NO6S2/c1-16-8-3-9-19(14,15)11-6-4-10(5-7-11)17-18(2,12)13/h10H,3-9H2,1-2H3. The second-order valence-electron chi connectivity index (χ2n) is 4.56. The van der Waals surface area contributed by atoms with Crippen molar-refractivity contribution in [1.82, 2.24) is 4.31 Å². The Bertz CT molecular complexity index is 464. The third-order valence-corrected chi connectivity index (χ3v) is 5.43. The summed E-state index contributed by atoms with van der Waals surface area (Å²) >= 11 is 0. The fourth-order valence-corrected chi connectivity index (χ4v) is 4.16. The molecule has 0 aromatic heterocycles. The minimum Gasteiger partial charge on any atom is -0.385 e. The van der Waals surface area contributed by atoms with Gasteiger partial charge in [-0.25, -0.2) is 12.7 Å². The molecule has 0 aromatic carbocycles. The molecule has 0 atom stereocenters. The zero-order chi connectivity index (χ0) is 14.5. The molecule has 114 valence electrons. The van der Waals surface area contributed by atoms with Crippen LogP contribution in [0, 0.1) is 0 Å². The lowest BCUT2D eigenvalue weighted by Gasteiger charge is -2.30. The van der Waals surface area contributed by atoms with Crippen LogP contribution in [0.5, 0.6) is 0 Å². The van der Waals surface area contributed by atoms with E-state index in [-0.39, 0.29) is 5.75 Å². The van der Waals surface area contributed by atoms with E-state index in [9.17, 15) is 16.8 Å². The molecule has 1 rings (SSSR count). The second kappa shape index (κ2) is 6.98. The molecule has 0 bridgehead atoms. The van der Waals surface area contributed by atoms with Crippen molar-refractivity contribution < 1.29 is 25.8 Å². The summed E-state index contributed by atoms with van der Waals surface area (Å²) in [6.07, 6.45) is 1.84. The molecular formula is C10H21NO6S2. The smallest absolute Gasteiger partial charge is 0.264 e. The van der Waals surface area contributed by atoms with E-state index in [1.54, 1.807) is 0 Å². The average Bonchev–Trinajstić information content (AvgIpc) is 2.27. The van der Waals surface area contributed by atoms with Crippen LogP contribution in [-0.4, -0.2) is 66.1 Å². The summed E-state index contributed by atoms with van der Waals surface area (Å²) in [5.74, 6) is 0.0540. The first-order valence-electron chi connectivity index (χ1n) is 6.09. The molecule has 19 heavy (non-hydrogen) atoms. The molecule has 0 N–H and O–H groups in total. The number of nitrogens with zero attached hydrogens (tertiary/aromatic N) is 1. The van der Waals surface area contributed by atoms with E-state index in [1.807, 2.05) is 0 Å². The minimum atomic E-state index is -3.48. The Labute approximate surface area is 115 Å². The van der Waals surface area contributed by atoms with Crippen molar-refractivity contribution in [3.63, 3.8) is 0 Å². The number of ether oxygens (including phenoxy) is 1. The molecule has 1 heterocycles. The Balaban J connectivity index is 2.44. The van der Waals surface area contributed by atoms with E-state index >= 15 is 0 Å². The van der Waals surface area contributed by atoms with Gasteiger partial charge in [0.1, 0.15) is 0 Å². The summed E-state index contributed by atoms with van der Waals surface area (Å²) in [6, 6.07) is 0. The van der Waals surface area contributed by atoms with Crippen molar-refractivity contribution in [2.75, 3.05) is 38.8 Å².